The Balaban J connectivity index is 3.63. The molecule has 17 heavy (non-hydrogen) atoms. The number of aliphatic hydroxyl groups is 1. The van der Waals surface area contributed by atoms with Crippen LogP contribution in [0.15, 0.2) is 0 Å². The smallest absolute Gasteiger partial charge is 0.376 e. The molecule has 0 rings (SSSR count). The quantitative estimate of drug-likeness (QED) is 0.395. The fraction of sp³-hybridized carbons (Fsp3) is 1.00. The number of unbranched alkanes of at least 4 members (excludes halogenated alkanes) is 3. The summed E-state index contributed by atoms with van der Waals surface area (Å²) in [5.74, 6) is 0. The Hall–Kier alpha value is -0.0951. The Bertz CT molecular complexity index is 189. The van der Waals surface area contributed by atoms with Crippen LogP contribution in [0, 0.1) is 0 Å². The number of rotatable bonds is 10. The fourth-order valence-electron chi connectivity index (χ4n) is 1.91. The Morgan fingerprint density at radius 2 is 1.82 bits per heavy atom. The molecule has 5 heteroatoms. The summed E-state index contributed by atoms with van der Waals surface area (Å²) in [4.78, 5) is 1.76. The molecule has 1 unspecified atom stereocenters. The zero-order chi connectivity index (χ0) is 13.3. The molecule has 0 bridgehead atoms. The Morgan fingerprint density at radius 1 is 1.24 bits per heavy atom. The molecule has 0 aromatic carbocycles. The molecule has 0 aromatic heterocycles. The summed E-state index contributed by atoms with van der Waals surface area (Å²) >= 11 is 0. The first-order valence-corrected chi connectivity index (χ1v) is 6.64. The predicted molar refractivity (Wildman–Crippen MR) is 74.1 cm³/mol. The third kappa shape index (κ3) is 9.59. The minimum Gasteiger partial charge on any atom is -0.437 e. The van der Waals surface area contributed by atoms with Gasteiger partial charge in [0, 0.05) is 6.54 Å². The molecule has 0 heterocycles. The molecule has 0 saturated heterocycles. The molecule has 0 aliphatic heterocycles. The van der Waals surface area contributed by atoms with Crippen molar-refractivity contribution in [3.63, 3.8) is 0 Å². The SMILES string of the molecule is CNCCCCCCC(C)(O)CN(C)B(C)O. The van der Waals surface area contributed by atoms with Crippen molar-refractivity contribution < 1.29 is 10.1 Å². The average molecular weight is 244 g/mol. The van der Waals surface area contributed by atoms with E-state index in [1.165, 1.54) is 12.8 Å². The van der Waals surface area contributed by atoms with Gasteiger partial charge in [-0.2, -0.15) is 0 Å². The van der Waals surface area contributed by atoms with Gasteiger partial charge in [0.15, 0.2) is 0 Å². The van der Waals surface area contributed by atoms with Gasteiger partial charge >= 0.3 is 7.05 Å². The maximum absolute atomic E-state index is 10.2. The van der Waals surface area contributed by atoms with Gasteiger partial charge in [-0.05, 0) is 47.2 Å². The molecule has 0 saturated carbocycles. The molecular weight excluding hydrogens is 215 g/mol. The molecule has 0 amide bonds. The zero-order valence-electron chi connectivity index (χ0n) is 11.9. The molecule has 1 atom stereocenters. The van der Waals surface area contributed by atoms with E-state index in [-0.39, 0.29) is 0 Å². The van der Waals surface area contributed by atoms with E-state index in [2.05, 4.69) is 5.32 Å². The van der Waals surface area contributed by atoms with E-state index in [4.69, 9.17) is 0 Å². The van der Waals surface area contributed by atoms with Crippen LogP contribution in [0.5, 0.6) is 0 Å². The first-order valence-electron chi connectivity index (χ1n) is 6.64. The summed E-state index contributed by atoms with van der Waals surface area (Å²) in [5.41, 5.74) is -0.700. The van der Waals surface area contributed by atoms with Gasteiger partial charge < -0.3 is 20.3 Å². The fourth-order valence-corrected chi connectivity index (χ4v) is 1.91. The number of nitrogens with one attached hydrogen (secondary N) is 1. The van der Waals surface area contributed by atoms with Gasteiger partial charge in [0.05, 0.1) is 5.60 Å². The topological polar surface area (TPSA) is 55.7 Å². The van der Waals surface area contributed by atoms with Crippen LogP contribution >= 0.6 is 0 Å². The van der Waals surface area contributed by atoms with Gasteiger partial charge in [-0.25, -0.2) is 0 Å². The van der Waals surface area contributed by atoms with E-state index in [9.17, 15) is 10.1 Å². The number of nitrogens with zero attached hydrogens (tertiary/aromatic N) is 1. The average Bonchev–Trinajstić information content (AvgIpc) is 2.22. The van der Waals surface area contributed by atoms with Crippen LogP contribution < -0.4 is 5.32 Å². The zero-order valence-corrected chi connectivity index (χ0v) is 11.9. The van der Waals surface area contributed by atoms with E-state index in [1.807, 2.05) is 21.0 Å². The highest BCUT2D eigenvalue weighted by Crippen LogP contribution is 2.16. The van der Waals surface area contributed by atoms with Crippen molar-refractivity contribution in [2.24, 2.45) is 0 Å². The summed E-state index contributed by atoms with van der Waals surface area (Å²) in [7, 11) is 3.29. The summed E-state index contributed by atoms with van der Waals surface area (Å²) < 4.78 is 0. The normalized spacial score (nSPS) is 15.0. The highest BCUT2D eigenvalue weighted by Gasteiger charge is 2.24. The first-order chi connectivity index (χ1) is 7.89. The molecule has 4 nitrogen and oxygen atoms in total. The molecule has 0 aliphatic rings. The van der Waals surface area contributed by atoms with E-state index < -0.39 is 12.7 Å². The highest BCUT2D eigenvalue weighted by atomic mass is 16.3. The molecule has 0 radical (unpaired) electrons. The number of likely N-dealkylation sites (N-methyl/N-ethyl adjacent to an activating group) is 1. The largest absolute Gasteiger partial charge is 0.437 e. The molecule has 3 N–H and O–H groups in total. The third-order valence-corrected chi connectivity index (χ3v) is 3.12. The van der Waals surface area contributed by atoms with Gasteiger partial charge in [0.2, 0.25) is 0 Å². The standard InChI is InChI=1S/C12H29BN2O2/c1-12(16,11-15(4)13(2)17)9-7-5-6-8-10-14-3/h14,16-17H,5-11H2,1-4H3. The van der Waals surface area contributed by atoms with Crippen molar-refractivity contribution in [1.82, 2.24) is 10.1 Å². The van der Waals surface area contributed by atoms with Gasteiger partial charge in [0.1, 0.15) is 0 Å². The minimum atomic E-state index is -0.700. The second-order valence-corrected chi connectivity index (χ2v) is 5.31. The van der Waals surface area contributed by atoms with Crippen molar-refractivity contribution in [3.8, 4) is 0 Å². The monoisotopic (exact) mass is 244 g/mol. The van der Waals surface area contributed by atoms with Crippen LogP contribution in [0.3, 0.4) is 0 Å². The molecule has 0 aliphatic carbocycles. The summed E-state index contributed by atoms with van der Waals surface area (Å²) in [6.45, 7) is 5.15. The van der Waals surface area contributed by atoms with Gasteiger partial charge in [0.25, 0.3) is 0 Å². The van der Waals surface area contributed by atoms with E-state index in [0.717, 1.165) is 25.8 Å². The van der Waals surface area contributed by atoms with Gasteiger partial charge in [-0.3, -0.25) is 0 Å². The Morgan fingerprint density at radius 3 is 2.35 bits per heavy atom. The molecule has 0 aromatic rings. The van der Waals surface area contributed by atoms with E-state index in [0.29, 0.717) is 6.54 Å². The summed E-state index contributed by atoms with van der Waals surface area (Å²) in [6, 6.07) is 0. The number of hydrogen-bond acceptors (Lipinski definition) is 4. The number of hydrogen-bond donors (Lipinski definition) is 3. The summed E-state index contributed by atoms with van der Waals surface area (Å²) in [6.07, 6.45) is 5.42. The van der Waals surface area contributed by atoms with Gasteiger partial charge in [-0.1, -0.05) is 19.3 Å². The van der Waals surface area contributed by atoms with Crippen LogP contribution in [0.1, 0.15) is 39.0 Å². The lowest BCUT2D eigenvalue weighted by molar-refractivity contribution is 0.0306. The van der Waals surface area contributed by atoms with Crippen molar-refractivity contribution >= 4 is 7.05 Å². The van der Waals surface area contributed by atoms with Crippen LogP contribution in [-0.4, -0.2) is 54.8 Å². The van der Waals surface area contributed by atoms with E-state index in [1.54, 1.807) is 11.6 Å². The highest BCUT2D eigenvalue weighted by molar-refractivity contribution is 6.45. The maximum Gasteiger partial charge on any atom is 0.376 e. The second-order valence-electron chi connectivity index (χ2n) is 5.31. The minimum absolute atomic E-state index is 0.503. The van der Waals surface area contributed by atoms with Crippen molar-refractivity contribution in [2.45, 2.75) is 51.5 Å². The summed E-state index contributed by atoms with van der Waals surface area (Å²) in [5, 5.41) is 22.7. The molecule has 102 valence electrons. The van der Waals surface area contributed by atoms with Crippen LogP contribution in [0.25, 0.3) is 0 Å². The molecule has 0 fully saturated rings. The van der Waals surface area contributed by atoms with Gasteiger partial charge in [-0.15, -0.1) is 0 Å². The van der Waals surface area contributed by atoms with Crippen molar-refractivity contribution in [1.29, 1.82) is 0 Å². The molecular formula is C12H29BN2O2. The van der Waals surface area contributed by atoms with Crippen LogP contribution in [0.4, 0.5) is 0 Å². The van der Waals surface area contributed by atoms with Crippen molar-refractivity contribution in [2.75, 3.05) is 27.2 Å². The third-order valence-electron chi connectivity index (χ3n) is 3.12. The Kier molecular flexibility index (Phi) is 8.87. The first kappa shape index (κ1) is 16.9. The second kappa shape index (κ2) is 8.92. The Labute approximate surface area is 107 Å². The maximum atomic E-state index is 10.2. The lowest BCUT2D eigenvalue weighted by atomic mass is 9.83. The molecule has 0 spiro atoms. The lowest BCUT2D eigenvalue weighted by Gasteiger charge is -2.29. The van der Waals surface area contributed by atoms with Crippen LogP contribution in [0.2, 0.25) is 6.82 Å². The predicted octanol–water partition coefficient (Wildman–Crippen LogP) is 0.949. The lowest BCUT2D eigenvalue weighted by Crippen LogP contribution is -2.44. The van der Waals surface area contributed by atoms with Crippen molar-refractivity contribution in [3.05, 3.63) is 0 Å². The van der Waals surface area contributed by atoms with E-state index >= 15 is 0 Å². The van der Waals surface area contributed by atoms with Crippen LogP contribution in [-0.2, 0) is 0 Å².